The smallest absolute Gasteiger partial charge is 0.149 e. The van der Waals surface area contributed by atoms with E-state index in [1.165, 1.54) is 17.3 Å². The van der Waals surface area contributed by atoms with Crippen LogP contribution in [0.15, 0.2) is 36.5 Å². The fourth-order valence-corrected chi connectivity index (χ4v) is 1.88. The summed E-state index contributed by atoms with van der Waals surface area (Å²) in [4.78, 5) is 4.14. The van der Waals surface area contributed by atoms with Crippen LogP contribution in [0.5, 0.6) is 0 Å². The number of nitriles is 1. The van der Waals surface area contributed by atoms with Crippen LogP contribution in [0, 0.1) is 18.3 Å². The molecule has 4 heteroatoms. The van der Waals surface area contributed by atoms with Gasteiger partial charge in [-0.3, -0.25) is 0 Å². The van der Waals surface area contributed by atoms with Crippen LogP contribution in [0.25, 0.3) is 0 Å². The number of hydrogen-bond donors (Lipinski definition) is 2. The van der Waals surface area contributed by atoms with Crippen molar-refractivity contribution < 1.29 is 0 Å². The van der Waals surface area contributed by atoms with E-state index in [2.05, 4.69) is 41.5 Å². The van der Waals surface area contributed by atoms with Crippen molar-refractivity contribution in [1.29, 1.82) is 5.26 Å². The van der Waals surface area contributed by atoms with Crippen LogP contribution in [0.3, 0.4) is 0 Å². The second kappa shape index (κ2) is 5.87. The number of aryl methyl sites for hydroxylation is 1. The number of hydrogen-bond acceptors (Lipinski definition) is 4. The van der Waals surface area contributed by atoms with E-state index in [1.807, 2.05) is 6.07 Å². The van der Waals surface area contributed by atoms with Crippen molar-refractivity contribution in [3.8, 4) is 6.07 Å². The van der Waals surface area contributed by atoms with Crippen LogP contribution in [0.2, 0.25) is 0 Å². The summed E-state index contributed by atoms with van der Waals surface area (Å²) in [5.74, 6) is 0.631. The highest BCUT2D eigenvalue weighted by molar-refractivity contribution is 5.63. The predicted molar refractivity (Wildman–Crippen MR) is 76.7 cm³/mol. The quantitative estimate of drug-likeness (QED) is 0.876. The van der Waals surface area contributed by atoms with E-state index in [1.54, 1.807) is 6.07 Å². The third kappa shape index (κ3) is 3.46. The first-order valence-corrected chi connectivity index (χ1v) is 6.14. The largest absolute Gasteiger partial charge is 0.396 e. The van der Waals surface area contributed by atoms with Crippen LogP contribution < -0.4 is 11.1 Å². The standard InChI is InChI=1S/C15H16N4/c1-11-3-2-4-12(7-11)5-6-18-15-14(17)8-13(9-16)10-19-15/h2-4,7-8,10H,5-6,17H2,1H3,(H,18,19). The Morgan fingerprint density at radius 2 is 2.21 bits per heavy atom. The molecule has 0 aliphatic carbocycles. The summed E-state index contributed by atoms with van der Waals surface area (Å²) in [5.41, 5.74) is 9.34. The first kappa shape index (κ1) is 12.9. The van der Waals surface area contributed by atoms with E-state index >= 15 is 0 Å². The molecule has 0 fully saturated rings. The van der Waals surface area contributed by atoms with Gasteiger partial charge in [0.25, 0.3) is 0 Å². The number of benzene rings is 1. The molecule has 1 heterocycles. The lowest BCUT2D eigenvalue weighted by Crippen LogP contribution is -2.08. The van der Waals surface area contributed by atoms with Crippen molar-refractivity contribution >= 4 is 11.5 Å². The molecule has 0 amide bonds. The molecule has 4 nitrogen and oxygen atoms in total. The molecule has 0 radical (unpaired) electrons. The van der Waals surface area contributed by atoms with Gasteiger partial charge in [-0.15, -0.1) is 0 Å². The van der Waals surface area contributed by atoms with Crippen molar-refractivity contribution in [3.63, 3.8) is 0 Å². The second-order valence-electron chi connectivity index (χ2n) is 4.44. The molecule has 96 valence electrons. The average molecular weight is 252 g/mol. The van der Waals surface area contributed by atoms with E-state index in [4.69, 9.17) is 11.0 Å². The molecule has 0 unspecified atom stereocenters. The average Bonchev–Trinajstić information content (AvgIpc) is 2.40. The van der Waals surface area contributed by atoms with Gasteiger partial charge >= 0.3 is 0 Å². The minimum absolute atomic E-state index is 0.474. The number of nitrogens with two attached hydrogens (primary N) is 1. The molecule has 3 N–H and O–H groups in total. The summed E-state index contributed by atoms with van der Waals surface area (Å²) in [5, 5.41) is 11.9. The Labute approximate surface area is 112 Å². The Kier molecular flexibility index (Phi) is 3.99. The SMILES string of the molecule is Cc1cccc(CCNc2ncc(C#N)cc2N)c1. The maximum atomic E-state index is 8.74. The summed E-state index contributed by atoms with van der Waals surface area (Å²) >= 11 is 0. The third-order valence-corrected chi connectivity index (χ3v) is 2.83. The fraction of sp³-hybridized carbons (Fsp3) is 0.200. The molecule has 0 saturated carbocycles. The Bertz CT molecular complexity index is 614. The molecule has 19 heavy (non-hydrogen) atoms. The first-order valence-electron chi connectivity index (χ1n) is 6.14. The van der Waals surface area contributed by atoms with Crippen molar-refractivity contribution in [1.82, 2.24) is 4.98 Å². The van der Waals surface area contributed by atoms with Gasteiger partial charge in [0, 0.05) is 12.7 Å². The highest BCUT2D eigenvalue weighted by Gasteiger charge is 2.02. The van der Waals surface area contributed by atoms with Gasteiger partial charge in [-0.1, -0.05) is 29.8 Å². The van der Waals surface area contributed by atoms with Crippen LogP contribution >= 0.6 is 0 Å². The fourth-order valence-electron chi connectivity index (χ4n) is 1.88. The first-order chi connectivity index (χ1) is 9.19. The van der Waals surface area contributed by atoms with Crippen LogP contribution in [0.4, 0.5) is 11.5 Å². The van der Waals surface area contributed by atoms with E-state index < -0.39 is 0 Å². The molecular formula is C15H16N4. The van der Waals surface area contributed by atoms with Gasteiger partial charge in [0.05, 0.1) is 11.3 Å². The minimum Gasteiger partial charge on any atom is -0.396 e. The van der Waals surface area contributed by atoms with Crippen molar-refractivity contribution in [2.45, 2.75) is 13.3 Å². The molecule has 0 aliphatic rings. The van der Waals surface area contributed by atoms with E-state index in [0.717, 1.165) is 13.0 Å². The van der Waals surface area contributed by atoms with E-state index in [0.29, 0.717) is 17.1 Å². The number of nitrogens with zero attached hydrogens (tertiary/aromatic N) is 2. The van der Waals surface area contributed by atoms with E-state index in [-0.39, 0.29) is 0 Å². The summed E-state index contributed by atoms with van der Waals surface area (Å²) in [7, 11) is 0. The Hall–Kier alpha value is -2.54. The Morgan fingerprint density at radius 1 is 1.37 bits per heavy atom. The molecule has 1 aromatic heterocycles. The predicted octanol–water partition coefficient (Wildman–Crippen LogP) is 2.50. The number of nitrogen functional groups attached to an aromatic ring is 1. The zero-order valence-corrected chi connectivity index (χ0v) is 10.9. The van der Waals surface area contributed by atoms with Crippen LogP contribution in [-0.4, -0.2) is 11.5 Å². The molecule has 2 aromatic rings. The summed E-state index contributed by atoms with van der Waals surface area (Å²) < 4.78 is 0. The molecule has 0 spiro atoms. The lowest BCUT2D eigenvalue weighted by atomic mass is 10.1. The number of pyridine rings is 1. The van der Waals surface area contributed by atoms with Gasteiger partial charge < -0.3 is 11.1 Å². The lowest BCUT2D eigenvalue weighted by molar-refractivity contribution is 1.00. The number of nitrogens with one attached hydrogen (secondary N) is 1. The second-order valence-corrected chi connectivity index (χ2v) is 4.44. The third-order valence-electron chi connectivity index (χ3n) is 2.83. The number of rotatable bonds is 4. The lowest BCUT2D eigenvalue weighted by Gasteiger charge is -2.08. The van der Waals surface area contributed by atoms with Crippen molar-refractivity contribution in [2.75, 3.05) is 17.6 Å². The molecule has 0 saturated heterocycles. The van der Waals surface area contributed by atoms with Gasteiger partial charge in [-0.05, 0) is 25.0 Å². The van der Waals surface area contributed by atoms with Gasteiger partial charge in [0.15, 0.2) is 0 Å². The monoisotopic (exact) mass is 252 g/mol. The Morgan fingerprint density at radius 3 is 2.89 bits per heavy atom. The van der Waals surface area contributed by atoms with Crippen LogP contribution in [-0.2, 0) is 6.42 Å². The van der Waals surface area contributed by atoms with Crippen molar-refractivity contribution in [3.05, 3.63) is 53.2 Å². The summed E-state index contributed by atoms with van der Waals surface area (Å²) in [6.45, 7) is 2.84. The molecule has 0 aliphatic heterocycles. The number of aromatic nitrogens is 1. The maximum Gasteiger partial charge on any atom is 0.149 e. The topological polar surface area (TPSA) is 74.7 Å². The Balaban J connectivity index is 1.94. The highest BCUT2D eigenvalue weighted by atomic mass is 15.0. The normalized spacial score (nSPS) is 9.89. The molecular weight excluding hydrogens is 236 g/mol. The summed E-state index contributed by atoms with van der Waals surface area (Å²) in [6.07, 6.45) is 2.42. The van der Waals surface area contributed by atoms with Gasteiger partial charge in [-0.2, -0.15) is 5.26 Å². The van der Waals surface area contributed by atoms with Crippen molar-refractivity contribution in [2.24, 2.45) is 0 Å². The van der Waals surface area contributed by atoms with Gasteiger partial charge in [-0.25, -0.2) is 4.98 Å². The van der Waals surface area contributed by atoms with Crippen LogP contribution in [0.1, 0.15) is 16.7 Å². The minimum atomic E-state index is 0.474. The highest BCUT2D eigenvalue weighted by Crippen LogP contribution is 2.16. The zero-order valence-electron chi connectivity index (χ0n) is 10.9. The van der Waals surface area contributed by atoms with E-state index in [9.17, 15) is 0 Å². The summed E-state index contributed by atoms with van der Waals surface area (Å²) in [6, 6.07) is 12.0. The van der Waals surface area contributed by atoms with Gasteiger partial charge in [0.1, 0.15) is 11.9 Å². The number of anilines is 2. The molecule has 0 bridgehead atoms. The van der Waals surface area contributed by atoms with Gasteiger partial charge in [0.2, 0.25) is 0 Å². The molecule has 2 rings (SSSR count). The maximum absolute atomic E-state index is 8.74. The molecule has 1 aromatic carbocycles. The zero-order chi connectivity index (χ0) is 13.7. The molecule has 0 atom stereocenters.